The lowest BCUT2D eigenvalue weighted by atomic mass is 9.99. The molecule has 0 aromatic heterocycles. The summed E-state index contributed by atoms with van der Waals surface area (Å²) >= 11 is 0. The van der Waals surface area contributed by atoms with Crippen molar-refractivity contribution in [2.24, 2.45) is 0 Å². The molecule has 1 saturated heterocycles. The van der Waals surface area contributed by atoms with Gasteiger partial charge in [-0.05, 0) is 46.3 Å². The number of hydrogen-bond donors (Lipinski definition) is 1. The Morgan fingerprint density at radius 1 is 1.46 bits per heavy atom. The van der Waals surface area contributed by atoms with Crippen LogP contribution in [0.2, 0.25) is 0 Å². The van der Waals surface area contributed by atoms with Crippen molar-refractivity contribution in [3.05, 3.63) is 0 Å². The summed E-state index contributed by atoms with van der Waals surface area (Å²) in [6, 6.07) is 1.53. The first kappa shape index (κ1) is 11.0. The zero-order chi connectivity index (χ0) is 9.68. The van der Waals surface area contributed by atoms with Crippen LogP contribution in [0.25, 0.3) is 0 Å². The summed E-state index contributed by atoms with van der Waals surface area (Å²) in [4.78, 5) is 2.54. The highest BCUT2D eigenvalue weighted by Gasteiger charge is 2.20. The van der Waals surface area contributed by atoms with Crippen LogP contribution in [0.4, 0.5) is 0 Å². The predicted molar refractivity (Wildman–Crippen MR) is 58.0 cm³/mol. The number of nitrogens with zero attached hydrogens (tertiary/aromatic N) is 1. The highest BCUT2D eigenvalue weighted by atomic mass is 15.1. The fraction of sp³-hybridized carbons (Fsp3) is 1.00. The van der Waals surface area contributed by atoms with Crippen molar-refractivity contribution >= 4 is 0 Å². The average molecular weight is 184 g/mol. The molecule has 0 amide bonds. The third kappa shape index (κ3) is 3.65. The normalized spacial score (nSPS) is 29.5. The molecule has 2 atom stereocenters. The Morgan fingerprint density at radius 3 is 2.85 bits per heavy atom. The van der Waals surface area contributed by atoms with E-state index in [1.54, 1.807) is 0 Å². The molecule has 13 heavy (non-hydrogen) atoms. The molecule has 1 rings (SSSR count). The first-order chi connectivity index (χ1) is 6.24. The molecule has 2 unspecified atom stereocenters. The van der Waals surface area contributed by atoms with Crippen LogP contribution in [0, 0.1) is 0 Å². The topological polar surface area (TPSA) is 15.3 Å². The van der Waals surface area contributed by atoms with E-state index < -0.39 is 0 Å². The zero-order valence-corrected chi connectivity index (χ0v) is 9.34. The molecule has 1 fully saturated rings. The van der Waals surface area contributed by atoms with E-state index >= 15 is 0 Å². The fourth-order valence-corrected chi connectivity index (χ4v) is 2.10. The monoisotopic (exact) mass is 184 g/mol. The summed E-state index contributed by atoms with van der Waals surface area (Å²) in [7, 11) is 2.28. The SMILES string of the molecule is CCCCN(C)C1CCNC(C)C1. The minimum absolute atomic E-state index is 0.711. The molecule has 0 bridgehead atoms. The maximum atomic E-state index is 3.50. The second-order valence-corrected chi connectivity index (χ2v) is 4.37. The molecule has 0 spiro atoms. The lowest BCUT2D eigenvalue weighted by Gasteiger charge is -2.34. The summed E-state index contributed by atoms with van der Waals surface area (Å²) in [5.41, 5.74) is 0. The van der Waals surface area contributed by atoms with E-state index in [-0.39, 0.29) is 0 Å². The molecule has 0 saturated carbocycles. The van der Waals surface area contributed by atoms with Crippen LogP contribution < -0.4 is 5.32 Å². The van der Waals surface area contributed by atoms with Gasteiger partial charge in [0.05, 0.1) is 0 Å². The Kier molecular flexibility index (Phi) is 4.74. The summed E-state index contributed by atoms with van der Waals surface area (Å²) < 4.78 is 0. The second-order valence-electron chi connectivity index (χ2n) is 4.37. The van der Waals surface area contributed by atoms with Crippen LogP contribution >= 0.6 is 0 Å². The first-order valence-corrected chi connectivity index (χ1v) is 5.67. The number of piperidine rings is 1. The molecule has 1 N–H and O–H groups in total. The minimum atomic E-state index is 0.711. The first-order valence-electron chi connectivity index (χ1n) is 5.67. The van der Waals surface area contributed by atoms with Crippen molar-refractivity contribution in [2.45, 2.75) is 51.6 Å². The number of nitrogens with one attached hydrogen (secondary N) is 1. The fourth-order valence-electron chi connectivity index (χ4n) is 2.10. The number of rotatable bonds is 4. The second kappa shape index (κ2) is 5.61. The molecule has 0 aromatic carbocycles. The van der Waals surface area contributed by atoms with Gasteiger partial charge in [-0.15, -0.1) is 0 Å². The molecular weight excluding hydrogens is 160 g/mol. The quantitative estimate of drug-likeness (QED) is 0.717. The average Bonchev–Trinajstić information content (AvgIpc) is 2.14. The third-order valence-electron chi connectivity index (χ3n) is 3.08. The van der Waals surface area contributed by atoms with E-state index in [1.807, 2.05) is 0 Å². The molecule has 0 aliphatic carbocycles. The zero-order valence-electron chi connectivity index (χ0n) is 9.34. The van der Waals surface area contributed by atoms with Crippen LogP contribution in [0.1, 0.15) is 39.5 Å². The number of unbranched alkanes of at least 4 members (excludes halogenated alkanes) is 1. The van der Waals surface area contributed by atoms with Gasteiger partial charge in [-0.1, -0.05) is 13.3 Å². The van der Waals surface area contributed by atoms with Crippen molar-refractivity contribution in [1.29, 1.82) is 0 Å². The molecule has 1 aliphatic heterocycles. The standard InChI is InChI=1S/C11H24N2/c1-4-5-8-13(3)11-6-7-12-10(2)9-11/h10-12H,4-9H2,1-3H3. The van der Waals surface area contributed by atoms with Crippen LogP contribution in [0.3, 0.4) is 0 Å². The lowest BCUT2D eigenvalue weighted by molar-refractivity contribution is 0.177. The van der Waals surface area contributed by atoms with Gasteiger partial charge in [0.2, 0.25) is 0 Å². The van der Waals surface area contributed by atoms with E-state index in [0.717, 1.165) is 6.04 Å². The summed E-state index contributed by atoms with van der Waals surface area (Å²) in [5.74, 6) is 0. The molecular formula is C11H24N2. The van der Waals surface area contributed by atoms with Gasteiger partial charge in [0.1, 0.15) is 0 Å². The van der Waals surface area contributed by atoms with Gasteiger partial charge in [-0.25, -0.2) is 0 Å². The van der Waals surface area contributed by atoms with Gasteiger partial charge in [-0.3, -0.25) is 0 Å². The van der Waals surface area contributed by atoms with Crippen molar-refractivity contribution in [1.82, 2.24) is 10.2 Å². The molecule has 2 nitrogen and oxygen atoms in total. The molecule has 78 valence electrons. The van der Waals surface area contributed by atoms with Crippen molar-refractivity contribution in [2.75, 3.05) is 20.1 Å². The molecule has 0 radical (unpaired) electrons. The van der Waals surface area contributed by atoms with Gasteiger partial charge in [-0.2, -0.15) is 0 Å². The Morgan fingerprint density at radius 2 is 2.23 bits per heavy atom. The van der Waals surface area contributed by atoms with Gasteiger partial charge in [0, 0.05) is 12.1 Å². The van der Waals surface area contributed by atoms with Gasteiger partial charge in [0.15, 0.2) is 0 Å². The van der Waals surface area contributed by atoms with Crippen LogP contribution in [0.5, 0.6) is 0 Å². The molecule has 1 heterocycles. The largest absolute Gasteiger partial charge is 0.314 e. The van der Waals surface area contributed by atoms with E-state index in [9.17, 15) is 0 Å². The third-order valence-corrected chi connectivity index (χ3v) is 3.08. The summed E-state index contributed by atoms with van der Waals surface area (Å²) in [5, 5.41) is 3.50. The highest BCUT2D eigenvalue weighted by Crippen LogP contribution is 2.14. The van der Waals surface area contributed by atoms with Crippen molar-refractivity contribution < 1.29 is 0 Å². The van der Waals surface area contributed by atoms with Gasteiger partial charge >= 0.3 is 0 Å². The van der Waals surface area contributed by atoms with E-state index in [2.05, 4.69) is 31.1 Å². The number of hydrogen-bond acceptors (Lipinski definition) is 2. The van der Waals surface area contributed by atoms with Gasteiger partial charge in [0.25, 0.3) is 0 Å². The van der Waals surface area contributed by atoms with Crippen LogP contribution in [-0.2, 0) is 0 Å². The highest BCUT2D eigenvalue weighted by molar-refractivity contribution is 4.80. The molecule has 2 heteroatoms. The Hall–Kier alpha value is -0.0800. The Bertz CT molecular complexity index is 136. The summed E-state index contributed by atoms with van der Waals surface area (Å²) in [6.07, 6.45) is 5.30. The van der Waals surface area contributed by atoms with Crippen molar-refractivity contribution in [3.8, 4) is 0 Å². The predicted octanol–water partition coefficient (Wildman–Crippen LogP) is 1.86. The maximum Gasteiger partial charge on any atom is 0.0119 e. The van der Waals surface area contributed by atoms with E-state index in [0.29, 0.717) is 6.04 Å². The maximum absolute atomic E-state index is 3.50. The van der Waals surface area contributed by atoms with E-state index in [4.69, 9.17) is 0 Å². The van der Waals surface area contributed by atoms with Gasteiger partial charge < -0.3 is 10.2 Å². The molecule has 0 aromatic rings. The summed E-state index contributed by atoms with van der Waals surface area (Å²) in [6.45, 7) is 7.02. The van der Waals surface area contributed by atoms with Crippen molar-refractivity contribution in [3.63, 3.8) is 0 Å². The molecule has 1 aliphatic rings. The Labute approximate surface area is 82.7 Å². The Balaban J connectivity index is 2.24. The van der Waals surface area contributed by atoms with E-state index in [1.165, 1.54) is 38.8 Å². The van der Waals surface area contributed by atoms with Crippen LogP contribution in [0.15, 0.2) is 0 Å². The smallest absolute Gasteiger partial charge is 0.0119 e. The van der Waals surface area contributed by atoms with Crippen LogP contribution in [-0.4, -0.2) is 37.1 Å². The lowest BCUT2D eigenvalue weighted by Crippen LogP contribution is -2.45. The minimum Gasteiger partial charge on any atom is -0.314 e.